The first-order valence-corrected chi connectivity index (χ1v) is 9.30. The molecule has 1 aromatic heterocycles. The van der Waals surface area contributed by atoms with Gasteiger partial charge >= 0.3 is 0 Å². The van der Waals surface area contributed by atoms with Crippen LogP contribution in [0.15, 0.2) is 18.7 Å². The Kier molecular flexibility index (Phi) is 4.71. The average Bonchev–Trinajstić information content (AvgIpc) is 3.38. The van der Waals surface area contributed by atoms with Crippen molar-refractivity contribution < 1.29 is 19.1 Å². The third-order valence-electron chi connectivity index (χ3n) is 5.66. The molecular formula is C18H26N4O4. The Labute approximate surface area is 153 Å². The van der Waals surface area contributed by atoms with E-state index >= 15 is 0 Å². The summed E-state index contributed by atoms with van der Waals surface area (Å²) >= 11 is 0. The fourth-order valence-electron chi connectivity index (χ4n) is 4.40. The molecule has 0 spiro atoms. The number of carbonyl (C=O) groups excluding carboxylic acids is 2. The molecule has 3 aliphatic rings. The zero-order valence-electron chi connectivity index (χ0n) is 15.3. The van der Waals surface area contributed by atoms with Crippen molar-refractivity contribution in [2.45, 2.75) is 62.6 Å². The summed E-state index contributed by atoms with van der Waals surface area (Å²) in [6, 6.07) is -0.447. The molecule has 2 amide bonds. The summed E-state index contributed by atoms with van der Waals surface area (Å²) in [5, 5.41) is 0. The second-order valence-corrected chi connectivity index (χ2v) is 7.58. The van der Waals surface area contributed by atoms with Gasteiger partial charge in [0, 0.05) is 46.1 Å². The average molecular weight is 362 g/mol. The highest BCUT2D eigenvalue weighted by Crippen LogP contribution is 2.36. The van der Waals surface area contributed by atoms with E-state index in [-0.39, 0.29) is 30.1 Å². The van der Waals surface area contributed by atoms with E-state index < -0.39 is 12.1 Å². The molecule has 0 radical (unpaired) electrons. The highest BCUT2D eigenvalue weighted by atomic mass is 16.5. The summed E-state index contributed by atoms with van der Waals surface area (Å²) < 4.78 is 13.8. The van der Waals surface area contributed by atoms with E-state index in [1.165, 1.54) is 0 Å². The number of aromatic nitrogens is 2. The number of hydrogen-bond donors (Lipinski definition) is 0. The van der Waals surface area contributed by atoms with Gasteiger partial charge in [0.1, 0.15) is 12.1 Å². The van der Waals surface area contributed by atoms with Crippen LogP contribution >= 0.6 is 0 Å². The highest BCUT2D eigenvalue weighted by Gasteiger charge is 2.52. The van der Waals surface area contributed by atoms with Gasteiger partial charge in [0.15, 0.2) is 0 Å². The summed E-state index contributed by atoms with van der Waals surface area (Å²) in [6.07, 6.45) is 7.78. The number of fused-ring (bicyclic) bond motifs is 1. The molecule has 8 heteroatoms. The fourth-order valence-corrected chi connectivity index (χ4v) is 4.40. The first-order valence-electron chi connectivity index (χ1n) is 9.30. The van der Waals surface area contributed by atoms with E-state index in [1.807, 2.05) is 10.8 Å². The Balaban J connectivity index is 1.46. The molecule has 0 aliphatic carbocycles. The molecule has 4 heterocycles. The molecule has 142 valence electrons. The van der Waals surface area contributed by atoms with E-state index in [4.69, 9.17) is 9.47 Å². The van der Waals surface area contributed by atoms with Crippen LogP contribution in [-0.2, 0) is 25.6 Å². The second-order valence-electron chi connectivity index (χ2n) is 7.58. The number of carbonyl (C=O) groups is 2. The minimum atomic E-state index is -0.472. The predicted octanol–water partition coefficient (Wildman–Crippen LogP) is 0.277. The largest absolute Gasteiger partial charge is 0.376 e. The minimum absolute atomic E-state index is 0.000576. The Hall–Kier alpha value is -1.93. The summed E-state index contributed by atoms with van der Waals surface area (Å²) in [6.45, 7) is 1.34. The van der Waals surface area contributed by atoms with Crippen LogP contribution in [0.2, 0.25) is 0 Å². The lowest BCUT2D eigenvalue weighted by Gasteiger charge is -2.31. The van der Waals surface area contributed by atoms with E-state index in [0.717, 1.165) is 12.8 Å². The lowest BCUT2D eigenvalue weighted by atomic mass is 10.1. The zero-order valence-corrected chi connectivity index (χ0v) is 15.3. The van der Waals surface area contributed by atoms with Crippen LogP contribution in [0.3, 0.4) is 0 Å². The number of likely N-dealkylation sites (N-methyl/N-ethyl adjacent to an activating group) is 1. The molecule has 5 atom stereocenters. The van der Waals surface area contributed by atoms with Gasteiger partial charge in [-0.25, -0.2) is 4.98 Å². The molecule has 3 saturated heterocycles. The van der Waals surface area contributed by atoms with Crippen molar-refractivity contribution >= 4 is 11.8 Å². The quantitative estimate of drug-likeness (QED) is 0.769. The van der Waals surface area contributed by atoms with Crippen LogP contribution in [0.1, 0.15) is 25.7 Å². The number of amides is 2. The summed E-state index contributed by atoms with van der Waals surface area (Å²) in [4.78, 5) is 33.2. The molecule has 3 fully saturated rings. The maximum absolute atomic E-state index is 13.2. The van der Waals surface area contributed by atoms with Gasteiger partial charge < -0.3 is 23.8 Å². The van der Waals surface area contributed by atoms with Gasteiger partial charge in [0.05, 0.1) is 24.6 Å². The van der Waals surface area contributed by atoms with E-state index in [9.17, 15) is 9.59 Å². The van der Waals surface area contributed by atoms with Crippen molar-refractivity contribution in [2.75, 3.05) is 20.7 Å². The van der Waals surface area contributed by atoms with Gasteiger partial charge in [-0.15, -0.1) is 0 Å². The first-order chi connectivity index (χ1) is 12.5. The highest BCUT2D eigenvalue weighted by molar-refractivity contribution is 5.90. The number of nitrogens with zero attached hydrogens (tertiary/aromatic N) is 4. The Morgan fingerprint density at radius 3 is 2.85 bits per heavy atom. The predicted molar refractivity (Wildman–Crippen MR) is 92.2 cm³/mol. The summed E-state index contributed by atoms with van der Waals surface area (Å²) in [7, 11) is 3.46. The molecule has 26 heavy (non-hydrogen) atoms. The van der Waals surface area contributed by atoms with E-state index in [2.05, 4.69) is 4.98 Å². The van der Waals surface area contributed by atoms with Crippen molar-refractivity contribution in [1.82, 2.24) is 19.4 Å². The van der Waals surface area contributed by atoms with Crippen molar-refractivity contribution in [1.29, 1.82) is 0 Å². The Morgan fingerprint density at radius 2 is 2.12 bits per heavy atom. The van der Waals surface area contributed by atoms with Crippen LogP contribution < -0.4 is 0 Å². The first kappa shape index (κ1) is 17.5. The molecule has 0 saturated carbocycles. The number of hydrogen-bond acceptors (Lipinski definition) is 5. The van der Waals surface area contributed by atoms with Crippen LogP contribution in [-0.4, -0.2) is 82.3 Å². The lowest BCUT2D eigenvalue weighted by Crippen LogP contribution is -2.52. The topological polar surface area (TPSA) is 76.9 Å². The van der Waals surface area contributed by atoms with Gasteiger partial charge in [0.25, 0.3) is 5.91 Å². The van der Waals surface area contributed by atoms with E-state index in [0.29, 0.717) is 26.0 Å². The zero-order chi connectivity index (χ0) is 18.3. The van der Waals surface area contributed by atoms with Crippen LogP contribution in [0.4, 0.5) is 0 Å². The van der Waals surface area contributed by atoms with Gasteiger partial charge in [-0.2, -0.15) is 0 Å². The molecular weight excluding hydrogens is 336 g/mol. The number of rotatable bonds is 4. The third kappa shape index (κ3) is 3.12. The van der Waals surface area contributed by atoms with Crippen molar-refractivity contribution in [2.24, 2.45) is 0 Å². The molecule has 0 unspecified atom stereocenters. The third-order valence-corrected chi connectivity index (χ3v) is 5.66. The smallest absolute Gasteiger partial charge is 0.252 e. The maximum atomic E-state index is 13.2. The van der Waals surface area contributed by atoms with Crippen LogP contribution in [0.25, 0.3) is 0 Å². The molecule has 4 rings (SSSR count). The second kappa shape index (κ2) is 7.00. The lowest BCUT2D eigenvalue weighted by molar-refractivity contribution is -0.151. The number of ether oxygens (including phenoxy) is 2. The van der Waals surface area contributed by atoms with Crippen molar-refractivity contribution in [3.05, 3.63) is 18.7 Å². The van der Waals surface area contributed by atoms with Crippen LogP contribution in [0, 0.1) is 0 Å². The van der Waals surface area contributed by atoms with Gasteiger partial charge in [-0.3, -0.25) is 9.59 Å². The van der Waals surface area contributed by atoms with Crippen molar-refractivity contribution in [3.8, 4) is 0 Å². The van der Waals surface area contributed by atoms with Gasteiger partial charge in [-0.05, 0) is 19.3 Å². The maximum Gasteiger partial charge on any atom is 0.252 e. The standard InChI is InChI=1S/C18H26N4O4/c1-20(2)17(23)14-9-16-13(5-8-25-16)22(14)18(24)15-4-3-12(26-15)10-21-7-6-19-11-21/h6-7,11-16H,3-5,8-10H2,1-2H3/t12-,13+,14+,15+,16+/m1/s1. The summed E-state index contributed by atoms with van der Waals surface area (Å²) in [5.41, 5.74) is 0. The Bertz CT molecular complexity index is 662. The summed E-state index contributed by atoms with van der Waals surface area (Å²) in [5.74, 6) is -0.0966. The van der Waals surface area contributed by atoms with Crippen LogP contribution in [0.5, 0.6) is 0 Å². The van der Waals surface area contributed by atoms with E-state index in [1.54, 1.807) is 36.4 Å². The number of likely N-dealkylation sites (tertiary alicyclic amines) is 1. The number of imidazole rings is 1. The minimum Gasteiger partial charge on any atom is -0.376 e. The van der Waals surface area contributed by atoms with Crippen molar-refractivity contribution in [3.63, 3.8) is 0 Å². The van der Waals surface area contributed by atoms with Gasteiger partial charge in [0.2, 0.25) is 5.91 Å². The monoisotopic (exact) mass is 362 g/mol. The normalized spacial score (nSPS) is 33.5. The van der Waals surface area contributed by atoms with Gasteiger partial charge in [-0.1, -0.05) is 0 Å². The molecule has 0 N–H and O–H groups in total. The molecule has 8 nitrogen and oxygen atoms in total. The molecule has 0 aromatic carbocycles. The Morgan fingerprint density at radius 1 is 1.27 bits per heavy atom. The SMILES string of the molecule is CN(C)C(=O)[C@@H]1C[C@@H]2OCC[C@@H]2N1C(=O)[C@@H]1CC[C@H](Cn2ccnc2)O1. The molecule has 3 aliphatic heterocycles. The molecule has 0 bridgehead atoms. The molecule has 1 aromatic rings. The fraction of sp³-hybridized carbons (Fsp3) is 0.722.